The zero-order chi connectivity index (χ0) is 24.9. The molecule has 0 heterocycles. The Morgan fingerprint density at radius 3 is 2.18 bits per heavy atom. The number of benzene rings is 2. The van der Waals surface area contributed by atoms with E-state index < -0.39 is 24.3 Å². The molecule has 33 heavy (non-hydrogen) atoms. The summed E-state index contributed by atoms with van der Waals surface area (Å²) in [5.41, 5.74) is 0.877. The van der Waals surface area contributed by atoms with Crippen molar-refractivity contribution >= 4 is 18.4 Å². The monoisotopic (exact) mass is 496 g/mol. The first-order valence-electron chi connectivity index (χ1n) is 11.2. The van der Waals surface area contributed by atoms with Crippen molar-refractivity contribution in [2.45, 2.75) is 71.4 Å². The third-order valence-corrected chi connectivity index (χ3v) is 11.0. The third-order valence-electron chi connectivity index (χ3n) is 5.96. The lowest BCUT2D eigenvalue weighted by atomic mass is 10.2. The van der Waals surface area contributed by atoms with Gasteiger partial charge in [-0.1, -0.05) is 51.1 Å². The minimum atomic E-state index is -3.70. The molecule has 0 aromatic heterocycles. The van der Waals surface area contributed by atoms with E-state index in [0.717, 1.165) is 29.9 Å². The molecule has 184 valence electrons. The smallest absolute Gasteiger partial charge is 0.306 e. The molecule has 0 spiro atoms. The lowest BCUT2D eigenvalue weighted by Crippen LogP contribution is -2.43. The summed E-state index contributed by atoms with van der Waals surface area (Å²) in [4.78, 5) is 0. The first-order valence-corrected chi connectivity index (χ1v) is 15.9. The zero-order valence-corrected chi connectivity index (χ0v) is 22.5. The van der Waals surface area contributed by atoms with Crippen LogP contribution in [0.4, 0.5) is 4.39 Å². The van der Waals surface area contributed by atoms with E-state index in [9.17, 15) is 12.8 Å². The normalized spacial score (nSPS) is 15.3. The van der Waals surface area contributed by atoms with Crippen molar-refractivity contribution in [3.8, 4) is 11.5 Å². The molecule has 1 unspecified atom stereocenters. The maximum Gasteiger partial charge on any atom is 0.306 e. The fraction of sp³-hybridized carbons (Fsp3) is 0.520. The van der Waals surface area contributed by atoms with Crippen LogP contribution in [0.3, 0.4) is 0 Å². The number of hydrogen-bond acceptors (Lipinski definition) is 5. The van der Waals surface area contributed by atoms with Gasteiger partial charge in [0, 0.05) is 12.2 Å². The van der Waals surface area contributed by atoms with Crippen molar-refractivity contribution in [1.29, 1.82) is 0 Å². The van der Waals surface area contributed by atoms with Crippen LogP contribution in [0.2, 0.25) is 18.1 Å². The Labute approximate surface area is 199 Å². The van der Waals surface area contributed by atoms with E-state index in [0.29, 0.717) is 11.1 Å². The van der Waals surface area contributed by atoms with Crippen LogP contribution < -0.4 is 8.92 Å². The highest BCUT2D eigenvalue weighted by atomic mass is 32.2. The van der Waals surface area contributed by atoms with E-state index in [1.807, 2.05) is 30.3 Å². The van der Waals surface area contributed by atoms with Gasteiger partial charge in [-0.3, -0.25) is 0 Å². The average Bonchev–Trinajstić information content (AvgIpc) is 3.53. The van der Waals surface area contributed by atoms with Crippen LogP contribution in [0.1, 0.15) is 46.1 Å². The molecule has 1 saturated carbocycles. The fourth-order valence-electron chi connectivity index (χ4n) is 2.87. The van der Waals surface area contributed by atoms with Gasteiger partial charge in [0.1, 0.15) is 12.4 Å². The van der Waals surface area contributed by atoms with Gasteiger partial charge in [-0.05, 0) is 61.5 Å². The minimum absolute atomic E-state index is 0.0372. The van der Waals surface area contributed by atoms with Crippen LogP contribution in [0, 0.1) is 11.7 Å². The molecule has 1 aliphatic carbocycles. The molecule has 1 fully saturated rings. The number of ether oxygens (including phenoxy) is 1. The molecule has 3 rings (SSSR count). The second-order valence-corrected chi connectivity index (χ2v) is 16.4. The number of halogens is 1. The van der Waals surface area contributed by atoms with Gasteiger partial charge < -0.3 is 13.3 Å². The van der Waals surface area contributed by atoms with E-state index in [1.165, 1.54) is 18.9 Å². The van der Waals surface area contributed by atoms with E-state index in [4.69, 9.17) is 13.3 Å². The van der Waals surface area contributed by atoms with Crippen molar-refractivity contribution in [3.63, 3.8) is 0 Å². The Balaban J connectivity index is 0.000000257. The summed E-state index contributed by atoms with van der Waals surface area (Å²) in [5, 5.41) is 0.357. The molecule has 0 N–H and O–H groups in total. The standard InChI is InChI=1S/C14H13FO4S.C11H24OSi/c1-20(16,17)19-13-8-7-12(15)9-14(13)18-10-11-5-3-2-4-6-11;1-9(10-7-8-10)12-13(5,6)11(2,3)4/h2-9H,10H2,1H3;9-10H,7-8H2,1-6H3. The minimum Gasteiger partial charge on any atom is -0.485 e. The SMILES string of the molecule is CC(O[Si](C)(C)C(C)(C)C)C1CC1.CS(=O)(=O)Oc1ccc(F)cc1OCc1ccccc1. The second-order valence-electron chi connectivity index (χ2n) is 10.1. The van der Waals surface area contributed by atoms with Gasteiger partial charge in [-0.2, -0.15) is 8.42 Å². The lowest BCUT2D eigenvalue weighted by molar-refractivity contribution is 0.177. The lowest BCUT2D eigenvalue weighted by Gasteiger charge is -2.38. The molecular weight excluding hydrogens is 459 g/mol. The molecule has 5 nitrogen and oxygen atoms in total. The van der Waals surface area contributed by atoms with Gasteiger partial charge in [0.25, 0.3) is 0 Å². The molecular formula is C25H37FO5SSi. The summed E-state index contributed by atoms with van der Waals surface area (Å²) in [5.74, 6) is 0.340. The summed E-state index contributed by atoms with van der Waals surface area (Å²) >= 11 is 0. The highest BCUT2D eigenvalue weighted by Gasteiger charge is 2.41. The van der Waals surface area contributed by atoms with E-state index in [2.05, 4.69) is 40.8 Å². The van der Waals surface area contributed by atoms with Crippen LogP contribution in [-0.2, 0) is 21.2 Å². The van der Waals surface area contributed by atoms with Gasteiger partial charge >= 0.3 is 10.1 Å². The van der Waals surface area contributed by atoms with Crippen LogP contribution in [0.5, 0.6) is 11.5 Å². The van der Waals surface area contributed by atoms with Crippen molar-refractivity contribution < 1.29 is 26.2 Å². The van der Waals surface area contributed by atoms with Crippen molar-refractivity contribution in [3.05, 3.63) is 59.9 Å². The molecule has 1 atom stereocenters. The predicted octanol–water partition coefficient (Wildman–Crippen LogP) is 6.55. The molecule has 2 aromatic carbocycles. The van der Waals surface area contributed by atoms with Crippen molar-refractivity contribution in [2.24, 2.45) is 5.92 Å². The van der Waals surface area contributed by atoms with Crippen LogP contribution in [0.25, 0.3) is 0 Å². The molecule has 0 aliphatic heterocycles. The zero-order valence-electron chi connectivity index (χ0n) is 20.7. The Kier molecular flexibility index (Phi) is 9.13. The summed E-state index contributed by atoms with van der Waals surface area (Å²) in [6, 6.07) is 12.7. The predicted molar refractivity (Wildman–Crippen MR) is 133 cm³/mol. The molecule has 2 aromatic rings. The van der Waals surface area contributed by atoms with Crippen molar-refractivity contribution in [1.82, 2.24) is 0 Å². The largest absolute Gasteiger partial charge is 0.485 e. The Morgan fingerprint density at radius 2 is 1.67 bits per heavy atom. The first-order chi connectivity index (χ1) is 15.2. The Hall–Kier alpha value is -1.90. The maximum atomic E-state index is 13.2. The number of hydrogen-bond donors (Lipinski definition) is 0. The van der Waals surface area contributed by atoms with E-state index >= 15 is 0 Å². The molecule has 0 amide bonds. The van der Waals surface area contributed by atoms with Gasteiger partial charge in [0.05, 0.1) is 6.26 Å². The Morgan fingerprint density at radius 1 is 1.06 bits per heavy atom. The van der Waals surface area contributed by atoms with E-state index in [1.54, 1.807) is 0 Å². The van der Waals surface area contributed by atoms with E-state index in [-0.39, 0.29) is 18.1 Å². The molecule has 8 heteroatoms. The van der Waals surface area contributed by atoms with Gasteiger partial charge in [0.15, 0.2) is 19.8 Å². The molecule has 0 saturated heterocycles. The first kappa shape index (κ1) is 27.3. The fourth-order valence-corrected chi connectivity index (χ4v) is 4.80. The quantitative estimate of drug-likeness (QED) is 0.306. The second kappa shape index (κ2) is 11.0. The topological polar surface area (TPSA) is 61.8 Å². The van der Waals surface area contributed by atoms with Crippen LogP contribution in [0.15, 0.2) is 48.5 Å². The van der Waals surface area contributed by atoms with Gasteiger partial charge in [0.2, 0.25) is 0 Å². The Bertz CT molecular complexity index is 999. The number of rotatable bonds is 8. The summed E-state index contributed by atoms with van der Waals surface area (Å²) in [6.45, 7) is 14.0. The molecule has 1 aliphatic rings. The maximum absolute atomic E-state index is 13.2. The summed E-state index contributed by atoms with van der Waals surface area (Å²) in [7, 11) is -5.19. The average molecular weight is 497 g/mol. The highest BCUT2D eigenvalue weighted by Crippen LogP contribution is 2.41. The van der Waals surface area contributed by atoms with Crippen molar-refractivity contribution in [2.75, 3.05) is 6.26 Å². The molecule has 0 radical (unpaired) electrons. The van der Waals surface area contributed by atoms with Crippen LogP contribution in [-0.4, -0.2) is 29.1 Å². The van der Waals surface area contributed by atoms with Gasteiger partial charge in [-0.25, -0.2) is 4.39 Å². The molecule has 0 bridgehead atoms. The van der Waals surface area contributed by atoms with Crippen LogP contribution >= 0.6 is 0 Å². The highest BCUT2D eigenvalue weighted by molar-refractivity contribution is 7.86. The van der Waals surface area contributed by atoms with Gasteiger partial charge in [-0.15, -0.1) is 0 Å². The summed E-state index contributed by atoms with van der Waals surface area (Å²) < 4.78 is 51.9. The summed E-state index contributed by atoms with van der Waals surface area (Å²) in [6.07, 6.45) is 4.18. The third kappa shape index (κ3) is 9.47.